The molecular weight excluding hydrogens is 438 g/mol. The van der Waals surface area contributed by atoms with Gasteiger partial charge in [-0.25, -0.2) is 0 Å². The van der Waals surface area contributed by atoms with Crippen molar-refractivity contribution in [2.24, 2.45) is 0 Å². The maximum atomic E-state index is 13.1. The third-order valence-corrected chi connectivity index (χ3v) is 7.60. The Morgan fingerprint density at radius 3 is 2.67 bits per heavy atom. The number of pyridine rings is 1. The van der Waals surface area contributed by atoms with E-state index >= 15 is 0 Å². The number of likely N-dealkylation sites (tertiary alicyclic amines) is 1. The van der Waals surface area contributed by atoms with Crippen molar-refractivity contribution >= 4 is 23.6 Å². The number of thioether (sulfide) groups is 1. The molecule has 3 aliphatic rings. The van der Waals surface area contributed by atoms with Crippen LogP contribution in [0.1, 0.15) is 52.5 Å². The highest BCUT2D eigenvalue weighted by Crippen LogP contribution is 2.33. The van der Waals surface area contributed by atoms with Gasteiger partial charge in [0.05, 0.1) is 17.1 Å². The van der Waals surface area contributed by atoms with Crippen molar-refractivity contribution in [2.75, 3.05) is 38.1 Å². The maximum Gasteiger partial charge on any atom is 0.256 e. The second kappa shape index (κ2) is 9.63. The number of amides is 2. The molecule has 5 rings (SSSR count). The lowest BCUT2D eigenvalue weighted by Crippen LogP contribution is -2.38. The molecule has 0 saturated carbocycles. The maximum absolute atomic E-state index is 13.1. The SMILES string of the molecule is Cc1ccc(C(=O)N2CCSC2)c(C2CCN(C(=O)CCc3ccc4c(c3)OCO4)CC2)n1. The molecule has 174 valence electrons. The molecular formula is C25H29N3O4S. The average molecular weight is 468 g/mol. The third kappa shape index (κ3) is 4.81. The minimum absolute atomic E-state index is 0.0877. The number of carbonyl (C=O) groups is 2. The molecule has 33 heavy (non-hydrogen) atoms. The Hall–Kier alpha value is -2.74. The predicted octanol–water partition coefficient (Wildman–Crippen LogP) is 3.60. The minimum Gasteiger partial charge on any atom is -0.454 e. The topological polar surface area (TPSA) is 72.0 Å². The number of ether oxygens (including phenoxy) is 2. The zero-order valence-electron chi connectivity index (χ0n) is 18.9. The van der Waals surface area contributed by atoms with Crippen molar-refractivity contribution < 1.29 is 19.1 Å². The molecule has 3 aliphatic heterocycles. The first-order chi connectivity index (χ1) is 16.1. The molecule has 2 fully saturated rings. The molecule has 2 saturated heterocycles. The van der Waals surface area contributed by atoms with Crippen molar-refractivity contribution in [3.63, 3.8) is 0 Å². The Kier molecular flexibility index (Phi) is 6.44. The monoisotopic (exact) mass is 467 g/mol. The highest BCUT2D eigenvalue weighted by molar-refractivity contribution is 7.99. The van der Waals surface area contributed by atoms with Crippen LogP contribution in [-0.4, -0.2) is 64.7 Å². The van der Waals surface area contributed by atoms with Gasteiger partial charge in [-0.1, -0.05) is 6.07 Å². The first-order valence-corrected chi connectivity index (χ1v) is 12.7. The zero-order chi connectivity index (χ0) is 22.8. The van der Waals surface area contributed by atoms with Gasteiger partial charge in [0.2, 0.25) is 12.7 Å². The van der Waals surface area contributed by atoms with Gasteiger partial charge in [-0.05, 0) is 56.0 Å². The van der Waals surface area contributed by atoms with Crippen LogP contribution in [-0.2, 0) is 11.2 Å². The van der Waals surface area contributed by atoms with Gasteiger partial charge in [-0.2, -0.15) is 0 Å². The Morgan fingerprint density at radius 1 is 1.06 bits per heavy atom. The van der Waals surface area contributed by atoms with E-state index in [1.807, 2.05) is 47.1 Å². The molecule has 1 aromatic carbocycles. The number of hydrogen-bond acceptors (Lipinski definition) is 6. The van der Waals surface area contributed by atoms with Gasteiger partial charge in [0.25, 0.3) is 5.91 Å². The fraction of sp³-hybridized carbons (Fsp3) is 0.480. The van der Waals surface area contributed by atoms with E-state index in [0.717, 1.165) is 65.0 Å². The van der Waals surface area contributed by atoms with Crippen LogP contribution in [0.4, 0.5) is 0 Å². The number of aryl methyl sites for hydroxylation is 2. The summed E-state index contributed by atoms with van der Waals surface area (Å²) in [6.07, 6.45) is 2.83. The number of rotatable bonds is 5. The summed E-state index contributed by atoms with van der Waals surface area (Å²) in [4.78, 5) is 34.6. The van der Waals surface area contributed by atoms with Crippen molar-refractivity contribution in [1.29, 1.82) is 0 Å². The van der Waals surface area contributed by atoms with Gasteiger partial charge in [0.1, 0.15) is 0 Å². The van der Waals surface area contributed by atoms with Crippen molar-refractivity contribution in [3.05, 3.63) is 52.8 Å². The Labute approximate surface area is 198 Å². The summed E-state index contributed by atoms with van der Waals surface area (Å²) >= 11 is 1.79. The Morgan fingerprint density at radius 2 is 1.88 bits per heavy atom. The van der Waals surface area contributed by atoms with E-state index in [4.69, 9.17) is 14.5 Å². The normalized spacial score (nSPS) is 18.1. The van der Waals surface area contributed by atoms with E-state index in [1.165, 1.54) is 0 Å². The molecule has 0 spiro atoms. The lowest BCUT2D eigenvalue weighted by Gasteiger charge is -2.33. The largest absolute Gasteiger partial charge is 0.454 e. The molecule has 0 N–H and O–H groups in total. The number of fused-ring (bicyclic) bond motifs is 1. The lowest BCUT2D eigenvalue weighted by molar-refractivity contribution is -0.132. The molecule has 0 radical (unpaired) electrons. The van der Waals surface area contributed by atoms with E-state index in [1.54, 1.807) is 11.8 Å². The summed E-state index contributed by atoms with van der Waals surface area (Å²) in [5.41, 5.74) is 3.65. The number of nitrogens with zero attached hydrogens (tertiary/aromatic N) is 3. The summed E-state index contributed by atoms with van der Waals surface area (Å²) in [5.74, 6) is 3.73. The lowest BCUT2D eigenvalue weighted by atomic mass is 9.89. The van der Waals surface area contributed by atoms with Gasteiger partial charge >= 0.3 is 0 Å². The highest BCUT2D eigenvalue weighted by atomic mass is 32.2. The van der Waals surface area contributed by atoms with E-state index in [0.29, 0.717) is 25.9 Å². The van der Waals surface area contributed by atoms with Crippen LogP contribution in [0.2, 0.25) is 0 Å². The van der Waals surface area contributed by atoms with Crippen LogP contribution in [0.3, 0.4) is 0 Å². The highest BCUT2D eigenvalue weighted by Gasteiger charge is 2.30. The van der Waals surface area contributed by atoms with Crippen molar-refractivity contribution in [3.8, 4) is 11.5 Å². The van der Waals surface area contributed by atoms with E-state index in [9.17, 15) is 9.59 Å². The smallest absolute Gasteiger partial charge is 0.256 e. The van der Waals surface area contributed by atoms with Crippen LogP contribution >= 0.6 is 11.8 Å². The number of piperidine rings is 1. The van der Waals surface area contributed by atoms with Gasteiger partial charge in [-0.3, -0.25) is 14.6 Å². The summed E-state index contributed by atoms with van der Waals surface area (Å²) in [6.45, 7) is 4.43. The zero-order valence-corrected chi connectivity index (χ0v) is 19.7. The Bertz CT molecular complexity index is 1050. The summed E-state index contributed by atoms with van der Waals surface area (Å²) in [6, 6.07) is 9.72. The number of carbonyl (C=O) groups excluding carboxylic acids is 2. The van der Waals surface area contributed by atoms with Crippen LogP contribution in [0.15, 0.2) is 30.3 Å². The van der Waals surface area contributed by atoms with E-state index in [-0.39, 0.29) is 24.5 Å². The first-order valence-electron chi connectivity index (χ1n) is 11.6. The molecule has 0 unspecified atom stereocenters. The van der Waals surface area contributed by atoms with E-state index < -0.39 is 0 Å². The molecule has 1 aromatic heterocycles. The molecule has 0 bridgehead atoms. The fourth-order valence-corrected chi connectivity index (χ4v) is 5.67. The molecule has 8 heteroatoms. The predicted molar refractivity (Wildman–Crippen MR) is 127 cm³/mol. The third-order valence-electron chi connectivity index (χ3n) is 6.63. The number of aromatic nitrogens is 1. The second-order valence-electron chi connectivity index (χ2n) is 8.83. The summed E-state index contributed by atoms with van der Waals surface area (Å²) in [7, 11) is 0. The van der Waals surface area contributed by atoms with Gasteiger partial charge in [-0.15, -0.1) is 11.8 Å². The Balaban J connectivity index is 1.19. The molecule has 2 amide bonds. The fourth-order valence-electron chi connectivity index (χ4n) is 4.72. The molecule has 0 aliphatic carbocycles. The van der Waals surface area contributed by atoms with Crippen LogP contribution in [0.5, 0.6) is 11.5 Å². The summed E-state index contributed by atoms with van der Waals surface area (Å²) in [5, 5.41) is 0. The van der Waals surface area contributed by atoms with Crippen LogP contribution < -0.4 is 9.47 Å². The minimum atomic E-state index is 0.0877. The summed E-state index contributed by atoms with van der Waals surface area (Å²) < 4.78 is 10.8. The molecule has 7 nitrogen and oxygen atoms in total. The first kappa shape index (κ1) is 22.1. The van der Waals surface area contributed by atoms with Crippen LogP contribution in [0, 0.1) is 6.92 Å². The number of benzene rings is 1. The van der Waals surface area contributed by atoms with E-state index in [2.05, 4.69) is 0 Å². The molecule has 2 aromatic rings. The van der Waals surface area contributed by atoms with Gasteiger partial charge < -0.3 is 19.3 Å². The average Bonchev–Trinajstić information content (AvgIpc) is 3.54. The molecule has 4 heterocycles. The quantitative estimate of drug-likeness (QED) is 0.669. The molecule has 0 atom stereocenters. The van der Waals surface area contributed by atoms with Gasteiger partial charge in [0.15, 0.2) is 11.5 Å². The van der Waals surface area contributed by atoms with Crippen molar-refractivity contribution in [1.82, 2.24) is 14.8 Å². The van der Waals surface area contributed by atoms with Crippen LogP contribution in [0.25, 0.3) is 0 Å². The second-order valence-corrected chi connectivity index (χ2v) is 9.91. The van der Waals surface area contributed by atoms with Gasteiger partial charge in [0, 0.05) is 43.4 Å². The standard InChI is InChI=1S/C25H29N3O4S/c1-17-2-5-20(25(30)28-12-13-33-15-28)24(26-17)19-8-10-27(11-9-19)23(29)7-4-18-3-6-21-22(14-18)32-16-31-21/h2-3,5-6,14,19H,4,7-13,15-16H2,1H3. The number of hydrogen-bond donors (Lipinski definition) is 0. The van der Waals surface area contributed by atoms with Crippen molar-refractivity contribution in [2.45, 2.75) is 38.5 Å².